The van der Waals surface area contributed by atoms with Crippen LogP contribution in [0.4, 0.5) is 0 Å². The molecule has 0 aliphatic carbocycles. The first-order valence-electron chi connectivity index (χ1n) is 6.33. The summed E-state index contributed by atoms with van der Waals surface area (Å²) in [6.45, 7) is 2.49. The van der Waals surface area contributed by atoms with Crippen LogP contribution in [0, 0.1) is 0 Å². The smallest absolute Gasteiger partial charge is 0.320 e. The lowest BCUT2D eigenvalue weighted by Gasteiger charge is -2.09. The van der Waals surface area contributed by atoms with Crippen molar-refractivity contribution in [2.75, 3.05) is 6.61 Å². The van der Waals surface area contributed by atoms with E-state index in [4.69, 9.17) is 15.6 Å². The standard InChI is InChI=1S/C14H21NO3/c1-2-3-4-11-5-7-12(8-6-11)18-10-9-13(15)14(16)17/h5-8,13H,2-4,9-10,15H2,1H3,(H,16,17). The van der Waals surface area contributed by atoms with Crippen molar-refractivity contribution in [3.05, 3.63) is 29.8 Å². The van der Waals surface area contributed by atoms with Crippen LogP contribution in [0.25, 0.3) is 0 Å². The molecule has 18 heavy (non-hydrogen) atoms. The summed E-state index contributed by atoms with van der Waals surface area (Å²) in [5, 5.41) is 8.62. The van der Waals surface area contributed by atoms with E-state index in [0.717, 1.165) is 12.2 Å². The molecule has 3 N–H and O–H groups in total. The predicted molar refractivity (Wildman–Crippen MR) is 70.8 cm³/mol. The lowest BCUT2D eigenvalue weighted by atomic mass is 10.1. The summed E-state index contributed by atoms with van der Waals surface area (Å²) >= 11 is 0. The average Bonchev–Trinajstić information content (AvgIpc) is 2.37. The summed E-state index contributed by atoms with van der Waals surface area (Å²) in [6, 6.07) is 7.06. The number of hydrogen-bond acceptors (Lipinski definition) is 3. The zero-order valence-corrected chi connectivity index (χ0v) is 10.8. The molecule has 0 amide bonds. The molecule has 1 aromatic carbocycles. The Morgan fingerprint density at radius 3 is 2.61 bits per heavy atom. The van der Waals surface area contributed by atoms with Gasteiger partial charge >= 0.3 is 5.97 Å². The van der Waals surface area contributed by atoms with E-state index in [-0.39, 0.29) is 0 Å². The number of carboxylic acid groups (broad SMARTS) is 1. The number of aliphatic carboxylic acids is 1. The topological polar surface area (TPSA) is 72.5 Å². The van der Waals surface area contributed by atoms with Crippen molar-refractivity contribution in [3.63, 3.8) is 0 Å². The molecule has 1 rings (SSSR count). The van der Waals surface area contributed by atoms with Crippen molar-refractivity contribution < 1.29 is 14.6 Å². The Hall–Kier alpha value is -1.55. The van der Waals surface area contributed by atoms with E-state index < -0.39 is 12.0 Å². The van der Waals surface area contributed by atoms with Crippen molar-refractivity contribution in [3.8, 4) is 5.75 Å². The molecular weight excluding hydrogens is 230 g/mol. The molecule has 4 nitrogen and oxygen atoms in total. The van der Waals surface area contributed by atoms with E-state index in [1.54, 1.807) is 0 Å². The number of nitrogens with two attached hydrogens (primary N) is 1. The molecule has 4 heteroatoms. The maximum atomic E-state index is 10.5. The molecule has 100 valence electrons. The van der Waals surface area contributed by atoms with E-state index >= 15 is 0 Å². The highest BCUT2D eigenvalue weighted by Gasteiger charge is 2.10. The van der Waals surface area contributed by atoms with Gasteiger partial charge in [-0.25, -0.2) is 0 Å². The maximum Gasteiger partial charge on any atom is 0.320 e. The molecule has 0 heterocycles. The van der Waals surface area contributed by atoms with Gasteiger partial charge in [-0.15, -0.1) is 0 Å². The minimum Gasteiger partial charge on any atom is -0.494 e. The quantitative estimate of drug-likeness (QED) is 0.743. The van der Waals surface area contributed by atoms with E-state index in [0.29, 0.717) is 13.0 Å². The Morgan fingerprint density at radius 1 is 1.39 bits per heavy atom. The molecule has 1 atom stereocenters. The van der Waals surface area contributed by atoms with Gasteiger partial charge < -0.3 is 15.6 Å². The van der Waals surface area contributed by atoms with Crippen molar-refractivity contribution in [1.29, 1.82) is 0 Å². The third-order valence-corrected chi connectivity index (χ3v) is 2.76. The van der Waals surface area contributed by atoms with Gasteiger partial charge in [0, 0.05) is 6.42 Å². The van der Waals surface area contributed by atoms with Gasteiger partial charge in [-0.3, -0.25) is 4.79 Å². The molecule has 0 bridgehead atoms. The molecule has 0 radical (unpaired) electrons. The number of carbonyl (C=O) groups is 1. The minimum absolute atomic E-state index is 0.312. The highest BCUT2D eigenvalue weighted by Crippen LogP contribution is 2.14. The number of aryl methyl sites for hydroxylation is 1. The molecule has 0 aromatic heterocycles. The van der Waals surface area contributed by atoms with Crippen molar-refractivity contribution >= 4 is 5.97 Å². The maximum absolute atomic E-state index is 10.5. The zero-order valence-electron chi connectivity index (χ0n) is 10.8. The van der Waals surface area contributed by atoms with E-state index in [9.17, 15) is 4.79 Å². The van der Waals surface area contributed by atoms with Crippen LogP contribution in [0.15, 0.2) is 24.3 Å². The Labute approximate surface area is 108 Å². The van der Waals surface area contributed by atoms with E-state index in [2.05, 4.69) is 6.92 Å². The van der Waals surface area contributed by atoms with Crippen LogP contribution in [0.3, 0.4) is 0 Å². The first kappa shape index (κ1) is 14.5. The van der Waals surface area contributed by atoms with Crippen LogP contribution in [0.1, 0.15) is 31.7 Å². The third-order valence-electron chi connectivity index (χ3n) is 2.76. The van der Waals surface area contributed by atoms with E-state index in [1.165, 1.54) is 18.4 Å². The molecular formula is C14H21NO3. The molecule has 1 unspecified atom stereocenters. The molecule has 0 spiro atoms. The Morgan fingerprint density at radius 2 is 2.06 bits per heavy atom. The van der Waals surface area contributed by atoms with Crippen LogP contribution < -0.4 is 10.5 Å². The fourth-order valence-corrected chi connectivity index (χ4v) is 1.56. The number of hydrogen-bond donors (Lipinski definition) is 2. The lowest BCUT2D eigenvalue weighted by molar-refractivity contribution is -0.138. The fourth-order valence-electron chi connectivity index (χ4n) is 1.56. The Balaban J connectivity index is 2.32. The minimum atomic E-state index is -0.992. The summed E-state index contributed by atoms with van der Waals surface area (Å²) in [7, 11) is 0. The average molecular weight is 251 g/mol. The first-order valence-corrected chi connectivity index (χ1v) is 6.33. The second kappa shape index (κ2) is 7.71. The Kier molecular flexibility index (Phi) is 6.22. The van der Waals surface area contributed by atoms with Gasteiger partial charge in [-0.2, -0.15) is 0 Å². The zero-order chi connectivity index (χ0) is 13.4. The molecule has 0 aliphatic rings. The van der Waals surface area contributed by atoms with Crippen LogP contribution in [0.2, 0.25) is 0 Å². The van der Waals surface area contributed by atoms with Crippen LogP contribution >= 0.6 is 0 Å². The van der Waals surface area contributed by atoms with Crippen LogP contribution in [0.5, 0.6) is 5.75 Å². The fraction of sp³-hybridized carbons (Fsp3) is 0.500. The number of carboxylic acids is 1. The van der Waals surface area contributed by atoms with Crippen molar-refractivity contribution in [1.82, 2.24) is 0 Å². The van der Waals surface area contributed by atoms with Gasteiger partial charge in [0.2, 0.25) is 0 Å². The highest BCUT2D eigenvalue weighted by molar-refractivity contribution is 5.72. The van der Waals surface area contributed by atoms with Gasteiger partial charge in [0.05, 0.1) is 6.61 Å². The molecule has 1 aromatic rings. The van der Waals surface area contributed by atoms with Crippen molar-refractivity contribution in [2.24, 2.45) is 5.73 Å². The normalized spacial score (nSPS) is 12.1. The first-order chi connectivity index (χ1) is 8.63. The Bertz CT molecular complexity index is 362. The van der Waals surface area contributed by atoms with Crippen molar-refractivity contribution in [2.45, 2.75) is 38.6 Å². The van der Waals surface area contributed by atoms with Gasteiger partial charge in [0.25, 0.3) is 0 Å². The van der Waals surface area contributed by atoms with Gasteiger partial charge in [-0.05, 0) is 30.5 Å². The third kappa shape index (κ3) is 5.19. The van der Waals surface area contributed by atoms with Gasteiger partial charge in [0.1, 0.15) is 11.8 Å². The predicted octanol–water partition coefficient (Wildman–Crippen LogP) is 2.21. The second-order valence-electron chi connectivity index (χ2n) is 4.33. The molecule has 0 saturated heterocycles. The summed E-state index contributed by atoms with van der Waals surface area (Å²) < 4.78 is 5.44. The molecule has 0 aliphatic heterocycles. The van der Waals surface area contributed by atoms with Crippen LogP contribution in [-0.4, -0.2) is 23.7 Å². The van der Waals surface area contributed by atoms with Gasteiger partial charge in [0.15, 0.2) is 0 Å². The molecule has 0 fully saturated rings. The summed E-state index contributed by atoms with van der Waals surface area (Å²) in [4.78, 5) is 10.5. The summed E-state index contributed by atoms with van der Waals surface area (Å²) in [6.07, 6.45) is 3.77. The number of ether oxygens (including phenoxy) is 1. The number of unbranched alkanes of at least 4 members (excludes halogenated alkanes) is 1. The van der Waals surface area contributed by atoms with Gasteiger partial charge in [-0.1, -0.05) is 25.5 Å². The summed E-state index contributed by atoms with van der Waals surface area (Å²) in [5.41, 5.74) is 6.68. The lowest BCUT2D eigenvalue weighted by Crippen LogP contribution is -2.31. The summed E-state index contributed by atoms with van der Waals surface area (Å²) in [5.74, 6) is -0.235. The van der Waals surface area contributed by atoms with E-state index in [1.807, 2.05) is 24.3 Å². The number of rotatable bonds is 8. The highest BCUT2D eigenvalue weighted by atomic mass is 16.5. The van der Waals surface area contributed by atoms with Crippen LogP contribution in [-0.2, 0) is 11.2 Å². The largest absolute Gasteiger partial charge is 0.494 e. The molecule has 0 saturated carbocycles. The monoisotopic (exact) mass is 251 g/mol. The number of benzene rings is 1. The second-order valence-corrected chi connectivity index (χ2v) is 4.33. The SMILES string of the molecule is CCCCc1ccc(OCCC(N)C(=O)O)cc1.